The van der Waals surface area contributed by atoms with Crippen LogP contribution >= 0.6 is 0 Å². The van der Waals surface area contributed by atoms with Crippen molar-refractivity contribution in [3.05, 3.63) is 65.0 Å². The number of fused-ring (bicyclic) bond motifs is 1. The molecular weight excluding hydrogens is 300 g/mol. The summed E-state index contributed by atoms with van der Waals surface area (Å²) in [4.78, 5) is 16.5. The monoisotopic (exact) mass is 324 g/mol. The van der Waals surface area contributed by atoms with E-state index >= 15 is 0 Å². The molecule has 0 saturated heterocycles. The van der Waals surface area contributed by atoms with Gasteiger partial charge in [-0.1, -0.05) is 31.2 Å². The van der Waals surface area contributed by atoms with E-state index in [1.165, 1.54) is 11.1 Å². The number of nitrogens with zero attached hydrogens (tertiary/aromatic N) is 1. The van der Waals surface area contributed by atoms with E-state index in [9.17, 15) is 9.90 Å². The SMILES string of the molecule is CCc1ccc(C(=O)CC[C@@H](O)[C@@H]2Cc3ccccc3CN2)cn1. The van der Waals surface area contributed by atoms with Gasteiger partial charge in [-0.2, -0.15) is 0 Å². The van der Waals surface area contributed by atoms with Crippen molar-refractivity contribution in [3.8, 4) is 0 Å². The summed E-state index contributed by atoms with van der Waals surface area (Å²) >= 11 is 0. The average Bonchev–Trinajstić information content (AvgIpc) is 2.65. The number of aliphatic hydroxyl groups is 1. The topological polar surface area (TPSA) is 62.2 Å². The molecule has 1 aliphatic heterocycles. The lowest BCUT2D eigenvalue weighted by atomic mass is 9.91. The predicted molar refractivity (Wildman–Crippen MR) is 94.0 cm³/mol. The maximum Gasteiger partial charge on any atom is 0.164 e. The minimum absolute atomic E-state index is 0.00768. The Balaban J connectivity index is 1.53. The third kappa shape index (κ3) is 3.89. The smallest absolute Gasteiger partial charge is 0.164 e. The highest BCUT2D eigenvalue weighted by atomic mass is 16.3. The third-order valence-corrected chi connectivity index (χ3v) is 4.75. The fourth-order valence-corrected chi connectivity index (χ4v) is 3.17. The maximum absolute atomic E-state index is 12.3. The number of ketones is 1. The van der Waals surface area contributed by atoms with Gasteiger partial charge in [-0.25, -0.2) is 0 Å². The first-order valence-electron chi connectivity index (χ1n) is 8.63. The van der Waals surface area contributed by atoms with Crippen LogP contribution in [-0.2, 0) is 19.4 Å². The standard InChI is InChI=1S/C20H24N2O2/c1-2-17-8-7-16(13-21-17)19(23)9-10-20(24)18-11-14-5-3-4-6-15(14)12-22-18/h3-8,13,18,20,22,24H,2,9-12H2,1H3/t18-,20+/m0/s1. The van der Waals surface area contributed by atoms with Gasteiger partial charge < -0.3 is 10.4 Å². The fraction of sp³-hybridized carbons (Fsp3) is 0.400. The highest BCUT2D eigenvalue weighted by Gasteiger charge is 2.24. The van der Waals surface area contributed by atoms with Crippen molar-refractivity contribution in [3.63, 3.8) is 0 Å². The zero-order valence-electron chi connectivity index (χ0n) is 14.0. The van der Waals surface area contributed by atoms with Gasteiger partial charge in [0.2, 0.25) is 0 Å². The molecule has 0 aliphatic carbocycles. The molecule has 0 fully saturated rings. The van der Waals surface area contributed by atoms with E-state index in [1.54, 1.807) is 6.20 Å². The first-order valence-corrected chi connectivity index (χ1v) is 8.63. The summed E-state index contributed by atoms with van der Waals surface area (Å²) in [6.07, 6.45) is 3.59. The third-order valence-electron chi connectivity index (χ3n) is 4.75. The molecule has 1 aliphatic rings. The van der Waals surface area contributed by atoms with Gasteiger partial charge in [-0.3, -0.25) is 9.78 Å². The summed E-state index contributed by atoms with van der Waals surface area (Å²) < 4.78 is 0. The van der Waals surface area contributed by atoms with Gasteiger partial charge in [0.15, 0.2) is 5.78 Å². The highest BCUT2D eigenvalue weighted by Crippen LogP contribution is 2.20. The summed E-state index contributed by atoms with van der Waals surface area (Å²) in [6.45, 7) is 2.81. The molecule has 1 aromatic heterocycles. The van der Waals surface area contributed by atoms with Crippen LogP contribution in [0.2, 0.25) is 0 Å². The van der Waals surface area contributed by atoms with E-state index in [1.807, 2.05) is 31.2 Å². The van der Waals surface area contributed by atoms with Gasteiger partial charge in [-0.05, 0) is 42.5 Å². The van der Waals surface area contributed by atoms with Gasteiger partial charge in [0, 0.05) is 36.5 Å². The lowest BCUT2D eigenvalue weighted by molar-refractivity contribution is 0.0877. The largest absolute Gasteiger partial charge is 0.391 e. The van der Waals surface area contributed by atoms with Gasteiger partial charge in [-0.15, -0.1) is 0 Å². The Morgan fingerprint density at radius 2 is 2.08 bits per heavy atom. The zero-order valence-corrected chi connectivity index (χ0v) is 14.0. The second kappa shape index (κ2) is 7.69. The van der Waals surface area contributed by atoms with Crippen molar-refractivity contribution < 1.29 is 9.90 Å². The number of benzene rings is 1. The normalized spacial score (nSPS) is 18.0. The number of nitrogens with one attached hydrogen (secondary N) is 1. The minimum atomic E-state index is -0.523. The van der Waals surface area contributed by atoms with Crippen LogP contribution in [0.4, 0.5) is 0 Å². The summed E-state index contributed by atoms with van der Waals surface area (Å²) in [5.74, 6) is 0.0420. The molecule has 0 bridgehead atoms. The van der Waals surface area contributed by atoms with Crippen molar-refractivity contribution >= 4 is 5.78 Å². The Labute approximate surface area is 142 Å². The molecule has 0 unspecified atom stereocenters. The number of aryl methyl sites for hydroxylation is 1. The van der Waals surface area contributed by atoms with E-state index in [0.717, 1.165) is 25.1 Å². The van der Waals surface area contributed by atoms with Crippen LogP contribution in [0.5, 0.6) is 0 Å². The molecule has 4 heteroatoms. The summed E-state index contributed by atoms with van der Waals surface area (Å²) in [6, 6.07) is 12.0. The Morgan fingerprint density at radius 3 is 2.79 bits per heavy atom. The van der Waals surface area contributed by atoms with Crippen LogP contribution in [0.25, 0.3) is 0 Å². The molecule has 2 aromatic rings. The lowest BCUT2D eigenvalue weighted by Gasteiger charge is -2.29. The highest BCUT2D eigenvalue weighted by molar-refractivity contribution is 5.95. The quantitative estimate of drug-likeness (QED) is 0.802. The first kappa shape index (κ1) is 16.8. The van der Waals surface area contributed by atoms with Crippen molar-refractivity contribution in [2.75, 3.05) is 0 Å². The molecule has 2 N–H and O–H groups in total. The number of rotatable bonds is 6. The van der Waals surface area contributed by atoms with Crippen LogP contribution in [0, 0.1) is 0 Å². The number of hydrogen-bond acceptors (Lipinski definition) is 4. The Hall–Kier alpha value is -2.04. The van der Waals surface area contributed by atoms with E-state index in [-0.39, 0.29) is 11.8 Å². The first-order chi connectivity index (χ1) is 11.7. The maximum atomic E-state index is 12.3. The number of hydrogen-bond donors (Lipinski definition) is 2. The van der Waals surface area contributed by atoms with E-state index in [4.69, 9.17) is 0 Å². The van der Waals surface area contributed by atoms with Gasteiger partial charge in [0.1, 0.15) is 0 Å². The van der Waals surface area contributed by atoms with Crippen molar-refractivity contribution in [1.82, 2.24) is 10.3 Å². The average molecular weight is 324 g/mol. The van der Waals surface area contributed by atoms with Crippen LogP contribution < -0.4 is 5.32 Å². The summed E-state index contributed by atoms with van der Waals surface area (Å²) in [5, 5.41) is 13.8. The zero-order chi connectivity index (χ0) is 16.9. The molecule has 3 rings (SSSR count). The van der Waals surface area contributed by atoms with E-state index < -0.39 is 6.10 Å². The number of aliphatic hydroxyl groups excluding tert-OH is 1. The number of aromatic nitrogens is 1. The molecule has 0 radical (unpaired) electrons. The number of carbonyl (C=O) groups excluding carboxylic acids is 1. The molecular formula is C20H24N2O2. The molecule has 24 heavy (non-hydrogen) atoms. The summed E-state index contributed by atoms with van der Waals surface area (Å²) in [5.41, 5.74) is 4.18. The lowest BCUT2D eigenvalue weighted by Crippen LogP contribution is -2.44. The van der Waals surface area contributed by atoms with E-state index in [0.29, 0.717) is 18.4 Å². The Bertz CT molecular complexity index is 697. The van der Waals surface area contributed by atoms with Gasteiger partial charge in [0.25, 0.3) is 0 Å². The molecule has 0 saturated carbocycles. The molecule has 0 amide bonds. The fourth-order valence-electron chi connectivity index (χ4n) is 3.17. The van der Waals surface area contributed by atoms with Crippen LogP contribution in [0.1, 0.15) is 46.9 Å². The Kier molecular flexibility index (Phi) is 5.38. The molecule has 126 valence electrons. The molecule has 1 aromatic carbocycles. The van der Waals surface area contributed by atoms with Gasteiger partial charge >= 0.3 is 0 Å². The Morgan fingerprint density at radius 1 is 1.29 bits per heavy atom. The number of Topliss-reactive ketones (excluding diaryl/α,β-unsaturated/α-hetero) is 1. The van der Waals surface area contributed by atoms with E-state index in [2.05, 4.69) is 22.4 Å². The molecule has 4 nitrogen and oxygen atoms in total. The van der Waals surface area contributed by atoms with Crippen molar-refractivity contribution in [1.29, 1.82) is 0 Å². The van der Waals surface area contributed by atoms with Crippen molar-refractivity contribution in [2.24, 2.45) is 0 Å². The molecule has 2 heterocycles. The minimum Gasteiger partial charge on any atom is -0.391 e. The van der Waals surface area contributed by atoms with Crippen LogP contribution in [-0.4, -0.2) is 28.0 Å². The number of carbonyl (C=O) groups is 1. The second-order valence-corrected chi connectivity index (χ2v) is 6.38. The van der Waals surface area contributed by atoms with Crippen LogP contribution in [0.15, 0.2) is 42.6 Å². The molecule has 0 spiro atoms. The number of pyridine rings is 1. The van der Waals surface area contributed by atoms with Gasteiger partial charge in [0.05, 0.1) is 6.10 Å². The predicted octanol–water partition coefficient (Wildman–Crippen LogP) is 2.68. The van der Waals surface area contributed by atoms with Crippen molar-refractivity contribution in [2.45, 2.75) is 51.3 Å². The second-order valence-electron chi connectivity index (χ2n) is 6.38. The van der Waals surface area contributed by atoms with Crippen LogP contribution in [0.3, 0.4) is 0 Å². The molecule has 2 atom stereocenters. The summed E-state index contributed by atoms with van der Waals surface area (Å²) in [7, 11) is 0.